The zero-order valence-corrected chi connectivity index (χ0v) is 11.9. The standard InChI is InChI=1S/C16H27NO/c1-4-5-8-13(3)16(18)15(11-17)14-10-7-6-9-12(14)2/h6-7,9-10,13,15-16,18H,4-5,8,11,17H2,1-3H3. The van der Waals surface area contributed by atoms with Crippen LogP contribution in [-0.4, -0.2) is 17.8 Å². The third-order valence-corrected chi connectivity index (χ3v) is 3.85. The third kappa shape index (κ3) is 3.82. The Hall–Kier alpha value is -0.860. The fourth-order valence-electron chi connectivity index (χ4n) is 2.55. The molecule has 0 aliphatic heterocycles. The molecule has 3 unspecified atom stereocenters. The van der Waals surface area contributed by atoms with Gasteiger partial charge in [-0.3, -0.25) is 0 Å². The molecule has 0 fully saturated rings. The molecule has 18 heavy (non-hydrogen) atoms. The lowest BCUT2D eigenvalue weighted by Crippen LogP contribution is -2.31. The van der Waals surface area contributed by atoms with Crippen molar-refractivity contribution in [2.24, 2.45) is 11.7 Å². The van der Waals surface area contributed by atoms with E-state index in [-0.39, 0.29) is 12.0 Å². The van der Waals surface area contributed by atoms with Crippen molar-refractivity contribution in [3.63, 3.8) is 0 Å². The van der Waals surface area contributed by atoms with Crippen LogP contribution in [0.25, 0.3) is 0 Å². The van der Waals surface area contributed by atoms with Gasteiger partial charge in [0.2, 0.25) is 0 Å². The summed E-state index contributed by atoms with van der Waals surface area (Å²) in [5.41, 5.74) is 8.29. The van der Waals surface area contributed by atoms with Gasteiger partial charge < -0.3 is 10.8 Å². The fourth-order valence-corrected chi connectivity index (χ4v) is 2.55. The molecule has 102 valence electrons. The molecule has 0 saturated carbocycles. The minimum absolute atomic E-state index is 0.0538. The Morgan fingerprint density at radius 1 is 1.28 bits per heavy atom. The van der Waals surface area contributed by atoms with Crippen molar-refractivity contribution in [1.82, 2.24) is 0 Å². The highest BCUT2D eigenvalue weighted by atomic mass is 16.3. The van der Waals surface area contributed by atoms with Gasteiger partial charge in [0.05, 0.1) is 6.10 Å². The number of aliphatic hydroxyl groups excluding tert-OH is 1. The fraction of sp³-hybridized carbons (Fsp3) is 0.625. The lowest BCUT2D eigenvalue weighted by atomic mass is 9.83. The summed E-state index contributed by atoms with van der Waals surface area (Å²) in [7, 11) is 0. The van der Waals surface area contributed by atoms with Crippen molar-refractivity contribution in [3.05, 3.63) is 35.4 Å². The van der Waals surface area contributed by atoms with E-state index >= 15 is 0 Å². The van der Waals surface area contributed by atoms with Gasteiger partial charge in [-0.05, 0) is 30.4 Å². The number of nitrogens with two attached hydrogens (primary N) is 1. The van der Waals surface area contributed by atoms with Crippen LogP contribution in [0, 0.1) is 12.8 Å². The van der Waals surface area contributed by atoms with Crippen molar-refractivity contribution in [1.29, 1.82) is 0 Å². The number of hydrogen-bond acceptors (Lipinski definition) is 2. The summed E-state index contributed by atoms with van der Waals surface area (Å²) in [4.78, 5) is 0. The highest BCUT2D eigenvalue weighted by Gasteiger charge is 2.25. The first kappa shape index (κ1) is 15.2. The first-order valence-electron chi connectivity index (χ1n) is 7.05. The number of aryl methyl sites for hydroxylation is 1. The molecule has 0 aliphatic rings. The minimum Gasteiger partial charge on any atom is -0.392 e. The molecule has 0 aromatic heterocycles. The van der Waals surface area contributed by atoms with E-state index in [1.165, 1.54) is 24.0 Å². The van der Waals surface area contributed by atoms with E-state index in [1.807, 2.05) is 12.1 Å². The van der Waals surface area contributed by atoms with Crippen molar-refractivity contribution in [2.45, 2.75) is 52.1 Å². The van der Waals surface area contributed by atoms with Gasteiger partial charge in [0.15, 0.2) is 0 Å². The molecule has 2 nitrogen and oxygen atoms in total. The van der Waals surface area contributed by atoms with Gasteiger partial charge in [-0.1, -0.05) is 51.0 Å². The van der Waals surface area contributed by atoms with Crippen LogP contribution in [0.2, 0.25) is 0 Å². The predicted octanol–water partition coefficient (Wildman–Crippen LogP) is 3.22. The highest BCUT2D eigenvalue weighted by molar-refractivity contribution is 5.30. The molecule has 0 amide bonds. The second-order valence-corrected chi connectivity index (χ2v) is 5.31. The van der Waals surface area contributed by atoms with Crippen LogP contribution < -0.4 is 5.73 Å². The van der Waals surface area contributed by atoms with Gasteiger partial charge in [-0.25, -0.2) is 0 Å². The molecule has 0 radical (unpaired) electrons. The van der Waals surface area contributed by atoms with Crippen LogP contribution in [-0.2, 0) is 0 Å². The van der Waals surface area contributed by atoms with E-state index < -0.39 is 0 Å². The average Bonchev–Trinajstić information content (AvgIpc) is 2.38. The first-order valence-corrected chi connectivity index (χ1v) is 7.05. The van der Waals surface area contributed by atoms with E-state index in [4.69, 9.17) is 5.73 Å². The van der Waals surface area contributed by atoms with Gasteiger partial charge >= 0.3 is 0 Å². The molecular weight excluding hydrogens is 222 g/mol. The quantitative estimate of drug-likeness (QED) is 0.779. The normalized spacial score (nSPS) is 16.3. The summed E-state index contributed by atoms with van der Waals surface area (Å²) in [6.45, 7) is 6.89. The van der Waals surface area contributed by atoms with Gasteiger partial charge in [0.1, 0.15) is 0 Å². The molecule has 3 N–H and O–H groups in total. The lowest BCUT2D eigenvalue weighted by Gasteiger charge is -2.28. The molecule has 0 aliphatic carbocycles. The molecule has 0 spiro atoms. The molecule has 1 aromatic carbocycles. The maximum atomic E-state index is 10.5. The highest BCUT2D eigenvalue weighted by Crippen LogP contribution is 2.28. The Bertz CT molecular complexity index is 351. The zero-order chi connectivity index (χ0) is 13.5. The van der Waals surface area contributed by atoms with Crippen LogP contribution in [0.5, 0.6) is 0 Å². The summed E-state index contributed by atoms with van der Waals surface area (Å²) in [5.74, 6) is 0.358. The second kappa shape index (κ2) is 7.55. The Balaban J connectivity index is 2.80. The third-order valence-electron chi connectivity index (χ3n) is 3.85. The van der Waals surface area contributed by atoms with E-state index in [1.54, 1.807) is 0 Å². The molecule has 0 heterocycles. The molecule has 3 atom stereocenters. The maximum absolute atomic E-state index is 10.5. The van der Waals surface area contributed by atoms with Gasteiger partial charge in [0, 0.05) is 12.5 Å². The predicted molar refractivity (Wildman–Crippen MR) is 77.7 cm³/mol. The smallest absolute Gasteiger partial charge is 0.0646 e. The average molecular weight is 249 g/mol. The topological polar surface area (TPSA) is 46.2 Å². The van der Waals surface area contributed by atoms with E-state index in [0.717, 1.165) is 6.42 Å². The van der Waals surface area contributed by atoms with Crippen LogP contribution >= 0.6 is 0 Å². The Morgan fingerprint density at radius 2 is 1.94 bits per heavy atom. The Morgan fingerprint density at radius 3 is 2.50 bits per heavy atom. The van der Waals surface area contributed by atoms with Crippen LogP contribution in [0.3, 0.4) is 0 Å². The van der Waals surface area contributed by atoms with E-state index in [0.29, 0.717) is 12.5 Å². The van der Waals surface area contributed by atoms with E-state index in [9.17, 15) is 5.11 Å². The molecule has 2 heteroatoms. The number of rotatable bonds is 7. The van der Waals surface area contributed by atoms with Crippen molar-refractivity contribution < 1.29 is 5.11 Å². The lowest BCUT2D eigenvalue weighted by molar-refractivity contribution is 0.0849. The Labute approximate surface area is 111 Å². The van der Waals surface area contributed by atoms with Crippen LogP contribution in [0.4, 0.5) is 0 Å². The SMILES string of the molecule is CCCCC(C)C(O)C(CN)c1ccccc1C. The number of unbranched alkanes of at least 4 members (excludes halogenated alkanes) is 1. The largest absolute Gasteiger partial charge is 0.392 e. The van der Waals surface area contributed by atoms with Gasteiger partial charge in [0.25, 0.3) is 0 Å². The second-order valence-electron chi connectivity index (χ2n) is 5.31. The van der Waals surface area contributed by atoms with Crippen molar-refractivity contribution >= 4 is 0 Å². The molecule has 1 aromatic rings. The van der Waals surface area contributed by atoms with Gasteiger partial charge in [-0.15, -0.1) is 0 Å². The number of benzene rings is 1. The van der Waals surface area contributed by atoms with Crippen LogP contribution in [0.1, 0.15) is 50.2 Å². The molecule has 1 rings (SSSR count). The summed E-state index contributed by atoms with van der Waals surface area (Å²) >= 11 is 0. The zero-order valence-electron chi connectivity index (χ0n) is 11.9. The molecular formula is C16H27NO. The maximum Gasteiger partial charge on any atom is 0.0646 e. The summed E-state index contributed by atoms with van der Waals surface area (Å²) < 4.78 is 0. The molecule has 0 saturated heterocycles. The molecule has 0 bridgehead atoms. The van der Waals surface area contributed by atoms with Crippen LogP contribution in [0.15, 0.2) is 24.3 Å². The minimum atomic E-state index is -0.345. The van der Waals surface area contributed by atoms with Gasteiger partial charge in [-0.2, -0.15) is 0 Å². The monoisotopic (exact) mass is 249 g/mol. The van der Waals surface area contributed by atoms with Crippen molar-refractivity contribution in [2.75, 3.05) is 6.54 Å². The summed E-state index contributed by atoms with van der Waals surface area (Å²) in [6.07, 6.45) is 3.07. The summed E-state index contributed by atoms with van der Waals surface area (Å²) in [5, 5.41) is 10.5. The number of hydrogen-bond donors (Lipinski definition) is 2. The first-order chi connectivity index (χ1) is 8.61. The number of aliphatic hydroxyl groups is 1. The Kier molecular flexibility index (Phi) is 6.37. The van der Waals surface area contributed by atoms with E-state index in [2.05, 4.69) is 32.9 Å². The summed E-state index contributed by atoms with van der Waals surface area (Å²) in [6, 6.07) is 8.22. The van der Waals surface area contributed by atoms with Crippen molar-refractivity contribution in [3.8, 4) is 0 Å².